The van der Waals surface area contributed by atoms with Crippen LogP contribution in [-0.2, 0) is 19.6 Å². The fraction of sp³-hybridized carbons (Fsp3) is 0.267. The maximum Gasteiger partial charge on any atom is 0.127 e. The highest BCUT2D eigenvalue weighted by Gasteiger charge is 2.07. The number of nitrogens with zero attached hydrogens (tertiary/aromatic N) is 2. The van der Waals surface area contributed by atoms with Crippen molar-refractivity contribution in [3.63, 3.8) is 0 Å². The van der Waals surface area contributed by atoms with Gasteiger partial charge in [0.2, 0.25) is 0 Å². The lowest BCUT2D eigenvalue weighted by Crippen LogP contribution is -2.19. The lowest BCUT2D eigenvalue weighted by molar-refractivity contribution is 0.309. The molecule has 2 N–H and O–H groups in total. The van der Waals surface area contributed by atoms with E-state index in [4.69, 9.17) is 5.73 Å². The van der Waals surface area contributed by atoms with Gasteiger partial charge in [-0.3, -0.25) is 9.88 Å². The Balaban J connectivity index is 2.04. The van der Waals surface area contributed by atoms with Gasteiger partial charge in [0.05, 0.1) is 5.69 Å². The van der Waals surface area contributed by atoms with Crippen LogP contribution in [0.4, 0.5) is 4.39 Å². The number of halogens is 1. The molecule has 1 aromatic heterocycles. The second kappa shape index (κ2) is 6.41. The highest BCUT2D eigenvalue weighted by atomic mass is 19.1. The number of hydrogen-bond acceptors (Lipinski definition) is 3. The number of rotatable bonds is 5. The monoisotopic (exact) mass is 259 g/mol. The highest BCUT2D eigenvalue weighted by molar-refractivity contribution is 5.25. The Morgan fingerprint density at radius 1 is 1.21 bits per heavy atom. The summed E-state index contributed by atoms with van der Waals surface area (Å²) in [5.74, 6) is -0.190. The zero-order valence-electron chi connectivity index (χ0n) is 11.0. The molecular formula is C15H18FN3. The normalized spacial score (nSPS) is 10.9. The molecule has 0 saturated carbocycles. The molecule has 0 amide bonds. The van der Waals surface area contributed by atoms with E-state index in [9.17, 15) is 4.39 Å². The van der Waals surface area contributed by atoms with Gasteiger partial charge >= 0.3 is 0 Å². The number of nitrogens with two attached hydrogens (primary N) is 1. The predicted octanol–water partition coefficient (Wildman–Crippen LogP) is 2.31. The minimum absolute atomic E-state index is 0.190. The Bertz CT molecular complexity index is 528. The Hall–Kier alpha value is -1.78. The summed E-state index contributed by atoms with van der Waals surface area (Å²) < 4.78 is 13.7. The Morgan fingerprint density at radius 3 is 2.74 bits per heavy atom. The minimum atomic E-state index is -0.190. The molecule has 0 aliphatic carbocycles. The number of benzene rings is 1. The van der Waals surface area contributed by atoms with E-state index in [1.165, 1.54) is 6.07 Å². The largest absolute Gasteiger partial charge is 0.326 e. The van der Waals surface area contributed by atoms with Crippen LogP contribution in [0.1, 0.15) is 16.8 Å². The SMILES string of the molecule is CN(Cc1ccccn1)Cc1cc(CN)ccc1F. The molecule has 0 spiro atoms. The van der Waals surface area contributed by atoms with Crippen molar-refractivity contribution < 1.29 is 4.39 Å². The molecule has 19 heavy (non-hydrogen) atoms. The second-order valence-corrected chi connectivity index (χ2v) is 4.62. The molecule has 0 saturated heterocycles. The summed E-state index contributed by atoms with van der Waals surface area (Å²) >= 11 is 0. The van der Waals surface area contributed by atoms with Gasteiger partial charge in [0.1, 0.15) is 5.82 Å². The lowest BCUT2D eigenvalue weighted by Gasteiger charge is -2.17. The van der Waals surface area contributed by atoms with Crippen LogP contribution >= 0.6 is 0 Å². The van der Waals surface area contributed by atoms with E-state index >= 15 is 0 Å². The highest BCUT2D eigenvalue weighted by Crippen LogP contribution is 2.13. The molecule has 0 aliphatic heterocycles. The number of aromatic nitrogens is 1. The fourth-order valence-electron chi connectivity index (χ4n) is 1.99. The van der Waals surface area contributed by atoms with E-state index in [0.29, 0.717) is 25.2 Å². The maximum absolute atomic E-state index is 13.7. The molecule has 1 aromatic carbocycles. The van der Waals surface area contributed by atoms with Crippen molar-refractivity contribution in [1.29, 1.82) is 0 Å². The Kier molecular flexibility index (Phi) is 4.60. The topological polar surface area (TPSA) is 42.2 Å². The molecule has 4 heteroatoms. The summed E-state index contributed by atoms with van der Waals surface area (Å²) in [5.41, 5.74) is 8.16. The van der Waals surface area contributed by atoms with Gasteiger partial charge in [-0.2, -0.15) is 0 Å². The van der Waals surface area contributed by atoms with Gasteiger partial charge in [-0.15, -0.1) is 0 Å². The standard InChI is InChI=1S/C15H18FN3/c1-19(11-14-4-2-3-7-18-14)10-13-8-12(9-17)5-6-15(13)16/h2-8H,9-11,17H2,1H3. The smallest absolute Gasteiger partial charge is 0.127 e. The fourth-order valence-corrected chi connectivity index (χ4v) is 1.99. The van der Waals surface area contributed by atoms with Crippen molar-refractivity contribution >= 4 is 0 Å². The van der Waals surface area contributed by atoms with Gasteiger partial charge in [0.25, 0.3) is 0 Å². The summed E-state index contributed by atoms with van der Waals surface area (Å²) in [5, 5.41) is 0. The first kappa shape index (κ1) is 13.6. The lowest BCUT2D eigenvalue weighted by atomic mass is 10.1. The van der Waals surface area contributed by atoms with E-state index in [1.54, 1.807) is 12.3 Å². The van der Waals surface area contributed by atoms with Gasteiger partial charge in [-0.1, -0.05) is 18.2 Å². The number of hydrogen-bond donors (Lipinski definition) is 1. The molecule has 2 aromatic rings. The van der Waals surface area contributed by atoms with Crippen molar-refractivity contribution in [2.75, 3.05) is 7.05 Å². The first-order valence-corrected chi connectivity index (χ1v) is 6.25. The predicted molar refractivity (Wildman–Crippen MR) is 73.7 cm³/mol. The van der Waals surface area contributed by atoms with E-state index in [2.05, 4.69) is 4.98 Å². The average Bonchev–Trinajstić information content (AvgIpc) is 2.42. The van der Waals surface area contributed by atoms with Crippen LogP contribution < -0.4 is 5.73 Å². The van der Waals surface area contributed by atoms with Gasteiger partial charge in [-0.25, -0.2) is 4.39 Å². The van der Waals surface area contributed by atoms with Crippen LogP contribution in [0.25, 0.3) is 0 Å². The van der Waals surface area contributed by atoms with Gasteiger partial charge in [-0.05, 0) is 30.8 Å². The summed E-state index contributed by atoms with van der Waals surface area (Å²) in [6, 6.07) is 10.8. The third-order valence-electron chi connectivity index (χ3n) is 2.94. The van der Waals surface area contributed by atoms with Crippen molar-refractivity contribution in [3.05, 3.63) is 65.2 Å². The molecule has 100 valence electrons. The van der Waals surface area contributed by atoms with Crippen molar-refractivity contribution in [1.82, 2.24) is 9.88 Å². The molecule has 0 unspecified atom stereocenters. The maximum atomic E-state index is 13.7. The molecule has 3 nitrogen and oxygen atoms in total. The minimum Gasteiger partial charge on any atom is -0.326 e. The molecule has 0 fully saturated rings. The van der Waals surface area contributed by atoms with Crippen LogP contribution in [0.15, 0.2) is 42.6 Å². The van der Waals surface area contributed by atoms with Gasteiger partial charge in [0.15, 0.2) is 0 Å². The van der Waals surface area contributed by atoms with Crippen molar-refractivity contribution in [2.24, 2.45) is 5.73 Å². The van der Waals surface area contributed by atoms with Crippen LogP contribution in [0.2, 0.25) is 0 Å². The van der Waals surface area contributed by atoms with Crippen LogP contribution in [0.5, 0.6) is 0 Å². The summed E-state index contributed by atoms with van der Waals surface area (Å²) in [6.07, 6.45) is 1.76. The van der Waals surface area contributed by atoms with Gasteiger partial charge in [0, 0.05) is 31.4 Å². The third kappa shape index (κ3) is 3.84. The molecule has 1 heterocycles. The van der Waals surface area contributed by atoms with E-state index < -0.39 is 0 Å². The third-order valence-corrected chi connectivity index (χ3v) is 2.94. The zero-order chi connectivity index (χ0) is 13.7. The molecule has 0 atom stereocenters. The molecule has 0 radical (unpaired) electrons. The average molecular weight is 259 g/mol. The van der Waals surface area contributed by atoms with Gasteiger partial charge < -0.3 is 5.73 Å². The van der Waals surface area contributed by atoms with Crippen LogP contribution in [-0.4, -0.2) is 16.9 Å². The molecule has 0 aliphatic rings. The number of pyridine rings is 1. The zero-order valence-corrected chi connectivity index (χ0v) is 11.0. The van der Waals surface area contributed by atoms with Crippen molar-refractivity contribution in [2.45, 2.75) is 19.6 Å². The van der Waals surface area contributed by atoms with Crippen molar-refractivity contribution in [3.8, 4) is 0 Å². The second-order valence-electron chi connectivity index (χ2n) is 4.62. The van der Waals surface area contributed by atoms with Crippen LogP contribution in [0, 0.1) is 5.82 Å². The van der Waals surface area contributed by atoms with E-state index in [1.807, 2.05) is 36.2 Å². The Morgan fingerprint density at radius 2 is 2.05 bits per heavy atom. The summed E-state index contributed by atoms with van der Waals surface area (Å²) in [6.45, 7) is 1.65. The summed E-state index contributed by atoms with van der Waals surface area (Å²) in [4.78, 5) is 6.29. The molecule has 0 bridgehead atoms. The van der Waals surface area contributed by atoms with E-state index in [0.717, 1.165) is 11.3 Å². The first-order chi connectivity index (χ1) is 9.19. The molecule has 2 rings (SSSR count). The summed E-state index contributed by atoms with van der Waals surface area (Å²) in [7, 11) is 1.95. The Labute approximate surface area is 112 Å². The quantitative estimate of drug-likeness (QED) is 0.896. The van der Waals surface area contributed by atoms with E-state index in [-0.39, 0.29) is 5.82 Å². The molecular weight excluding hydrogens is 241 g/mol. The first-order valence-electron chi connectivity index (χ1n) is 6.25. The van der Waals surface area contributed by atoms with Crippen LogP contribution in [0.3, 0.4) is 0 Å².